The Morgan fingerprint density at radius 2 is 1.93 bits per heavy atom. The van der Waals surface area contributed by atoms with Crippen molar-refractivity contribution >= 4 is 38.3 Å². The molecule has 0 N–H and O–H groups in total. The average molecular weight is 253 g/mol. The van der Waals surface area contributed by atoms with Gasteiger partial charge in [0.15, 0.2) is 9.84 Å². The molecule has 1 aromatic rings. The third-order valence-electron chi connectivity index (χ3n) is 1.58. The monoisotopic (exact) mass is 252 g/mol. The summed E-state index contributed by atoms with van der Waals surface area (Å²) in [4.78, 5) is 10.8. The molecule has 76 valence electrons. The van der Waals surface area contributed by atoms with E-state index in [-0.39, 0.29) is 15.5 Å². The Labute approximate surface area is 91.6 Å². The smallest absolute Gasteiger partial charge is 0.253 e. The van der Waals surface area contributed by atoms with Gasteiger partial charge in [0.05, 0.1) is 15.5 Å². The molecule has 3 nitrogen and oxygen atoms in total. The molecule has 0 aromatic heterocycles. The molecule has 1 rings (SSSR count). The van der Waals surface area contributed by atoms with Gasteiger partial charge in [-0.2, -0.15) is 0 Å². The van der Waals surface area contributed by atoms with Crippen molar-refractivity contribution in [3.8, 4) is 0 Å². The van der Waals surface area contributed by atoms with Crippen molar-refractivity contribution in [2.24, 2.45) is 0 Å². The van der Waals surface area contributed by atoms with Crippen LogP contribution < -0.4 is 0 Å². The first-order valence-electron chi connectivity index (χ1n) is 3.52. The van der Waals surface area contributed by atoms with Gasteiger partial charge in [0.1, 0.15) is 0 Å². The Balaban J connectivity index is 3.34. The lowest BCUT2D eigenvalue weighted by Gasteiger charge is -2.01. The molecule has 1 aromatic carbocycles. The van der Waals surface area contributed by atoms with Crippen LogP contribution in [0.25, 0.3) is 0 Å². The lowest BCUT2D eigenvalue weighted by atomic mass is 10.2. The summed E-state index contributed by atoms with van der Waals surface area (Å²) in [6.45, 7) is 0. The Morgan fingerprint density at radius 3 is 2.29 bits per heavy atom. The summed E-state index contributed by atoms with van der Waals surface area (Å²) in [5, 5.41) is -0.678. The van der Waals surface area contributed by atoms with Gasteiger partial charge in [-0.3, -0.25) is 4.79 Å². The van der Waals surface area contributed by atoms with Gasteiger partial charge in [-0.15, -0.1) is 0 Å². The van der Waals surface area contributed by atoms with Crippen molar-refractivity contribution in [3.05, 3.63) is 28.8 Å². The second kappa shape index (κ2) is 3.88. The summed E-state index contributed by atoms with van der Waals surface area (Å²) >= 11 is 10.9. The maximum Gasteiger partial charge on any atom is 0.253 e. The first-order valence-corrected chi connectivity index (χ1v) is 6.16. The first-order chi connectivity index (χ1) is 6.32. The molecule has 14 heavy (non-hydrogen) atoms. The minimum atomic E-state index is -3.31. The maximum absolute atomic E-state index is 11.1. The number of hydrogen-bond acceptors (Lipinski definition) is 3. The zero-order valence-electron chi connectivity index (χ0n) is 7.12. The van der Waals surface area contributed by atoms with Crippen LogP contribution in [-0.2, 0) is 9.84 Å². The van der Waals surface area contributed by atoms with Crippen molar-refractivity contribution < 1.29 is 13.2 Å². The molecule has 0 aliphatic rings. The fraction of sp³-hybridized carbons (Fsp3) is 0.125. The number of halogens is 2. The molecule has 0 radical (unpaired) electrons. The zero-order chi connectivity index (χ0) is 10.9. The van der Waals surface area contributed by atoms with Crippen LogP contribution in [0.5, 0.6) is 0 Å². The molecule has 0 saturated carbocycles. The number of carbonyl (C=O) groups is 1. The quantitative estimate of drug-likeness (QED) is 0.758. The van der Waals surface area contributed by atoms with Gasteiger partial charge >= 0.3 is 0 Å². The van der Waals surface area contributed by atoms with Gasteiger partial charge < -0.3 is 0 Å². The minimum Gasteiger partial charge on any atom is -0.276 e. The topological polar surface area (TPSA) is 51.2 Å². The van der Waals surface area contributed by atoms with Crippen LogP contribution >= 0.6 is 23.2 Å². The summed E-state index contributed by atoms with van der Waals surface area (Å²) in [6, 6.07) is 3.78. The highest BCUT2D eigenvalue weighted by molar-refractivity contribution is 7.90. The molecule has 6 heteroatoms. The van der Waals surface area contributed by atoms with Gasteiger partial charge in [-0.1, -0.05) is 11.6 Å². The fourth-order valence-corrected chi connectivity index (χ4v) is 2.08. The van der Waals surface area contributed by atoms with Crippen molar-refractivity contribution in [1.82, 2.24) is 0 Å². The lowest BCUT2D eigenvalue weighted by molar-refractivity contribution is 0.108. The first kappa shape index (κ1) is 11.5. The van der Waals surface area contributed by atoms with Crippen LogP contribution in [0.15, 0.2) is 23.1 Å². The fourth-order valence-electron chi connectivity index (χ4n) is 0.886. The normalized spacial score (nSPS) is 11.4. The molecule has 0 bridgehead atoms. The molecule has 0 spiro atoms. The van der Waals surface area contributed by atoms with E-state index in [1.165, 1.54) is 18.2 Å². The second-order valence-electron chi connectivity index (χ2n) is 2.69. The van der Waals surface area contributed by atoms with Crippen LogP contribution in [0.1, 0.15) is 10.4 Å². The van der Waals surface area contributed by atoms with Crippen molar-refractivity contribution in [2.75, 3.05) is 6.26 Å². The summed E-state index contributed by atoms with van der Waals surface area (Å²) in [7, 11) is -3.31. The standard InChI is InChI=1S/C8H6Cl2O3S/c1-14(12,13)5-2-3-6(8(10)11)7(9)4-5/h2-4H,1H3. The maximum atomic E-state index is 11.1. The van der Waals surface area contributed by atoms with E-state index in [4.69, 9.17) is 23.2 Å². The SMILES string of the molecule is CS(=O)(=O)c1ccc(C(=O)Cl)c(Cl)c1. The zero-order valence-corrected chi connectivity index (χ0v) is 9.45. The minimum absolute atomic E-state index is 0.0351. The van der Waals surface area contributed by atoms with E-state index in [0.717, 1.165) is 6.26 Å². The van der Waals surface area contributed by atoms with Crippen molar-refractivity contribution in [1.29, 1.82) is 0 Å². The molecule has 0 fully saturated rings. The third kappa shape index (κ3) is 2.47. The Bertz CT molecular complexity index is 479. The molecule has 0 amide bonds. The molecule has 0 aliphatic heterocycles. The van der Waals surface area contributed by atoms with E-state index >= 15 is 0 Å². The Kier molecular flexibility index (Phi) is 3.19. The summed E-state index contributed by atoms with van der Waals surface area (Å²) in [5.74, 6) is 0. The van der Waals surface area contributed by atoms with Crippen LogP contribution in [0.2, 0.25) is 5.02 Å². The third-order valence-corrected chi connectivity index (χ3v) is 3.21. The van der Waals surface area contributed by atoms with Gasteiger partial charge in [0.25, 0.3) is 5.24 Å². The highest BCUT2D eigenvalue weighted by atomic mass is 35.5. The van der Waals surface area contributed by atoms with E-state index < -0.39 is 15.1 Å². The van der Waals surface area contributed by atoms with E-state index in [1.807, 2.05) is 0 Å². The predicted octanol–water partition coefficient (Wildman–Crippen LogP) is 2.12. The highest BCUT2D eigenvalue weighted by Crippen LogP contribution is 2.22. The summed E-state index contributed by atoms with van der Waals surface area (Å²) < 4.78 is 22.2. The van der Waals surface area contributed by atoms with Gasteiger partial charge in [0.2, 0.25) is 0 Å². The molecule has 0 unspecified atom stereocenters. The Hall–Kier alpha value is -0.580. The number of benzene rings is 1. The summed E-state index contributed by atoms with van der Waals surface area (Å²) in [5.41, 5.74) is 0.0979. The number of hydrogen-bond donors (Lipinski definition) is 0. The highest BCUT2D eigenvalue weighted by Gasteiger charge is 2.12. The predicted molar refractivity (Wildman–Crippen MR) is 54.7 cm³/mol. The molecule has 0 saturated heterocycles. The van der Waals surface area contributed by atoms with Crippen LogP contribution in [-0.4, -0.2) is 19.9 Å². The van der Waals surface area contributed by atoms with Crippen LogP contribution in [0.3, 0.4) is 0 Å². The van der Waals surface area contributed by atoms with Crippen molar-refractivity contribution in [3.63, 3.8) is 0 Å². The Morgan fingerprint density at radius 1 is 1.36 bits per heavy atom. The number of sulfone groups is 1. The molecule has 0 atom stereocenters. The van der Waals surface area contributed by atoms with Gasteiger partial charge in [-0.25, -0.2) is 8.42 Å². The molecule has 0 aliphatic carbocycles. The second-order valence-corrected chi connectivity index (χ2v) is 5.45. The van der Waals surface area contributed by atoms with Gasteiger partial charge in [-0.05, 0) is 29.8 Å². The number of carbonyl (C=O) groups excluding carboxylic acids is 1. The van der Waals surface area contributed by atoms with E-state index in [1.54, 1.807) is 0 Å². The lowest BCUT2D eigenvalue weighted by Crippen LogP contribution is -1.99. The molecular formula is C8H6Cl2O3S. The average Bonchev–Trinajstić information content (AvgIpc) is 2.01. The summed E-state index contributed by atoms with van der Waals surface area (Å²) in [6.07, 6.45) is 1.06. The van der Waals surface area contributed by atoms with E-state index in [9.17, 15) is 13.2 Å². The largest absolute Gasteiger partial charge is 0.276 e. The molecule has 0 heterocycles. The number of rotatable bonds is 2. The van der Waals surface area contributed by atoms with Gasteiger partial charge in [0, 0.05) is 6.26 Å². The van der Waals surface area contributed by atoms with Crippen LogP contribution in [0.4, 0.5) is 0 Å². The van der Waals surface area contributed by atoms with E-state index in [2.05, 4.69) is 0 Å². The van der Waals surface area contributed by atoms with Crippen molar-refractivity contribution in [2.45, 2.75) is 4.90 Å². The molecular weight excluding hydrogens is 247 g/mol. The van der Waals surface area contributed by atoms with E-state index in [0.29, 0.717) is 0 Å². The van der Waals surface area contributed by atoms with Crippen LogP contribution in [0, 0.1) is 0 Å².